The smallest absolute Gasteiger partial charge is 0.227 e. The van der Waals surface area contributed by atoms with Crippen LogP contribution in [0.25, 0.3) is 0 Å². The minimum atomic E-state index is -0.0954. The molecule has 1 saturated carbocycles. The highest BCUT2D eigenvalue weighted by Gasteiger charge is 2.48. The van der Waals surface area contributed by atoms with E-state index >= 15 is 0 Å². The third kappa shape index (κ3) is 2.96. The van der Waals surface area contributed by atoms with Crippen LogP contribution in [0.1, 0.15) is 19.3 Å². The SMILES string of the molecule is CNCC1(C(=O)NCCCOC)CC1. The molecule has 0 spiro atoms. The molecule has 0 unspecified atom stereocenters. The van der Waals surface area contributed by atoms with Gasteiger partial charge in [-0.25, -0.2) is 0 Å². The molecule has 1 amide bonds. The van der Waals surface area contributed by atoms with Gasteiger partial charge in [-0.05, 0) is 26.3 Å². The number of carbonyl (C=O) groups excluding carboxylic acids is 1. The molecule has 0 saturated heterocycles. The quantitative estimate of drug-likeness (QED) is 0.575. The van der Waals surface area contributed by atoms with Crippen molar-refractivity contribution in [3.05, 3.63) is 0 Å². The summed E-state index contributed by atoms with van der Waals surface area (Å²) in [6.45, 7) is 2.22. The summed E-state index contributed by atoms with van der Waals surface area (Å²) in [5, 5.41) is 6.01. The van der Waals surface area contributed by atoms with Crippen molar-refractivity contribution in [2.24, 2.45) is 5.41 Å². The highest BCUT2D eigenvalue weighted by Crippen LogP contribution is 2.45. The monoisotopic (exact) mass is 200 g/mol. The van der Waals surface area contributed by atoms with Crippen LogP contribution in [0.3, 0.4) is 0 Å². The van der Waals surface area contributed by atoms with Gasteiger partial charge in [0, 0.05) is 26.8 Å². The Morgan fingerprint density at radius 3 is 2.71 bits per heavy atom. The molecule has 0 aromatic carbocycles. The lowest BCUT2D eigenvalue weighted by molar-refractivity contribution is -0.126. The molecular formula is C10H20N2O2. The fraction of sp³-hybridized carbons (Fsp3) is 0.900. The van der Waals surface area contributed by atoms with Crippen molar-refractivity contribution in [2.75, 3.05) is 33.9 Å². The molecule has 2 N–H and O–H groups in total. The first-order chi connectivity index (χ1) is 6.75. The molecule has 14 heavy (non-hydrogen) atoms. The van der Waals surface area contributed by atoms with Gasteiger partial charge in [-0.15, -0.1) is 0 Å². The van der Waals surface area contributed by atoms with Crippen molar-refractivity contribution in [1.29, 1.82) is 0 Å². The fourth-order valence-electron chi connectivity index (χ4n) is 1.58. The number of ether oxygens (including phenoxy) is 1. The van der Waals surface area contributed by atoms with Crippen molar-refractivity contribution < 1.29 is 9.53 Å². The number of carbonyl (C=O) groups is 1. The zero-order valence-corrected chi connectivity index (χ0v) is 9.06. The molecule has 0 aliphatic heterocycles. The average molecular weight is 200 g/mol. The van der Waals surface area contributed by atoms with Gasteiger partial charge in [0.25, 0.3) is 0 Å². The summed E-state index contributed by atoms with van der Waals surface area (Å²) in [6, 6.07) is 0. The minimum absolute atomic E-state index is 0.0954. The van der Waals surface area contributed by atoms with E-state index < -0.39 is 0 Å². The molecule has 0 radical (unpaired) electrons. The lowest BCUT2D eigenvalue weighted by Gasteiger charge is -2.14. The molecule has 4 nitrogen and oxygen atoms in total. The molecule has 0 aromatic heterocycles. The van der Waals surface area contributed by atoms with Crippen LogP contribution in [0.15, 0.2) is 0 Å². The van der Waals surface area contributed by atoms with E-state index in [-0.39, 0.29) is 11.3 Å². The van der Waals surface area contributed by atoms with E-state index in [9.17, 15) is 4.79 Å². The van der Waals surface area contributed by atoms with Crippen LogP contribution < -0.4 is 10.6 Å². The van der Waals surface area contributed by atoms with Crippen LogP contribution in [0, 0.1) is 5.41 Å². The summed E-state index contributed by atoms with van der Waals surface area (Å²) >= 11 is 0. The molecular weight excluding hydrogens is 180 g/mol. The summed E-state index contributed by atoms with van der Waals surface area (Å²) in [5.41, 5.74) is -0.0954. The molecule has 1 fully saturated rings. The summed E-state index contributed by atoms with van der Waals surface area (Å²) in [6.07, 6.45) is 2.92. The third-order valence-corrected chi connectivity index (χ3v) is 2.66. The van der Waals surface area contributed by atoms with Crippen molar-refractivity contribution in [1.82, 2.24) is 10.6 Å². The van der Waals surface area contributed by atoms with Crippen LogP contribution >= 0.6 is 0 Å². The molecule has 0 heterocycles. The number of rotatable bonds is 7. The van der Waals surface area contributed by atoms with Gasteiger partial charge in [0.1, 0.15) is 0 Å². The molecule has 4 heteroatoms. The van der Waals surface area contributed by atoms with Gasteiger partial charge in [0.2, 0.25) is 5.91 Å². The van der Waals surface area contributed by atoms with Crippen molar-refractivity contribution in [3.8, 4) is 0 Å². The normalized spacial score (nSPS) is 17.9. The van der Waals surface area contributed by atoms with Gasteiger partial charge >= 0.3 is 0 Å². The fourth-order valence-corrected chi connectivity index (χ4v) is 1.58. The van der Waals surface area contributed by atoms with E-state index in [1.54, 1.807) is 7.11 Å². The highest BCUT2D eigenvalue weighted by molar-refractivity contribution is 5.85. The molecule has 0 aromatic rings. The average Bonchev–Trinajstić information content (AvgIpc) is 2.94. The summed E-state index contributed by atoms with van der Waals surface area (Å²) < 4.78 is 4.91. The maximum atomic E-state index is 11.7. The van der Waals surface area contributed by atoms with Gasteiger partial charge in [0.15, 0.2) is 0 Å². The maximum absolute atomic E-state index is 11.7. The summed E-state index contributed by atoms with van der Waals surface area (Å²) in [5.74, 6) is 0.197. The first kappa shape index (κ1) is 11.5. The van der Waals surface area contributed by atoms with Crippen molar-refractivity contribution in [2.45, 2.75) is 19.3 Å². The van der Waals surface area contributed by atoms with E-state index in [1.165, 1.54) is 0 Å². The number of hydrogen-bond donors (Lipinski definition) is 2. The molecule has 1 aliphatic carbocycles. The second kappa shape index (κ2) is 5.32. The number of hydrogen-bond acceptors (Lipinski definition) is 3. The first-order valence-electron chi connectivity index (χ1n) is 5.17. The van der Waals surface area contributed by atoms with Crippen molar-refractivity contribution in [3.63, 3.8) is 0 Å². The lowest BCUT2D eigenvalue weighted by Crippen LogP contribution is -2.38. The predicted octanol–water partition coefficient (Wildman–Crippen LogP) is 0.139. The van der Waals surface area contributed by atoms with E-state index in [2.05, 4.69) is 10.6 Å². The minimum Gasteiger partial charge on any atom is -0.385 e. The number of amides is 1. The highest BCUT2D eigenvalue weighted by atomic mass is 16.5. The Kier molecular flexibility index (Phi) is 4.35. The second-order valence-corrected chi connectivity index (χ2v) is 3.91. The van der Waals surface area contributed by atoms with Crippen LogP contribution in [0.2, 0.25) is 0 Å². The van der Waals surface area contributed by atoms with Crippen molar-refractivity contribution >= 4 is 5.91 Å². The number of methoxy groups -OCH3 is 1. The third-order valence-electron chi connectivity index (χ3n) is 2.66. The van der Waals surface area contributed by atoms with Gasteiger partial charge in [-0.1, -0.05) is 0 Å². The Labute approximate surface area is 85.4 Å². The van der Waals surface area contributed by atoms with Gasteiger partial charge in [0.05, 0.1) is 5.41 Å². The van der Waals surface area contributed by atoms with Gasteiger partial charge in [-0.3, -0.25) is 4.79 Å². The van der Waals surface area contributed by atoms with Crippen LogP contribution in [-0.2, 0) is 9.53 Å². The van der Waals surface area contributed by atoms with Gasteiger partial charge < -0.3 is 15.4 Å². The van der Waals surface area contributed by atoms with E-state index in [0.717, 1.165) is 32.4 Å². The summed E-state index contributed by atoms with van der Waals surface area (Å²) in [4.78, 5) is 11.7. The Bertz CT molecular complexity index is 191. The van der Waals surface area contributed by atoms with E-state index in [1.807, 2.05) is 7.05 Å². The molecule has 1 rings (SSSR count). The van der Waals surface area contributed by atoms with Crippen LogP contribution in [0.4, 0.5) is 0 Å². The molecule has 82 valence electrons. The van der Waals surface area contributed by atoms with Crippen LogP contribution in [0.5, 0.6) is 0 Å². The zero-order chi connectivity index (χ0) is 10.4. The lowest BCUT2D eigenvalue weighted by atomic mass is 10.1. The second-order valence-electron chi connectivity index (χ2n) is 3.91. The molecule has 0 bridgehead atoms. The van der Waals surface area contributed by atoms with Crippen LogP contribution in [-0.4, -0.2) is 39.8 Å². The van der Waals surface area contributed by atoms with E-state index in [4.69, 9.17) is 4.74 Å². The molecule has 0 atom stereocenters. The first-order valence-corrected chi connectivity index (χ1v) is 5.17. The van der Waals surface area contributed by atoms with E-state index in [0.29, 0.717) is 6.61 Å². The standard InChI is InChI=1S/C10H20N2O2/c1-11-8-10(4-5-10)9(13)12-6-3-7-14-2/h11H,3-8H2,1-2H3,(H,12,13). The Morgan fingerprint density at radius 2 is 2.21 bits per heavy atom. The zero-order valence-electron chi connectivity index (χ0n) is 9.06. The Hall–Kier alpha value is -0.610. The predicted molar refractivity (Wildman–Crippen MR) is 55.1 cm³/mol. The molecule has 1 aliphatic rings. The number of nitrogens with one attached hydrogen (secondary N) is 2. The summed E-state index contributed by atoms with van der Waals surface area (Å²) in [7, 11) is 3.56. The topological polar surface area (TPSA) is 50.4 Å². The Morgan fingerprint density at radius 1 is 1.50 bits per heavy atom. The largest absolute Gasteiger partial charge is 0.385 e. The van der Waals surface area contributed by atoms with Gasteiger partial charge in [-0.2, -0.15) is 0 Å². The maximum Gasteiger partial charge on any atom is 0.227 e. The Balaban J connectivity index is 2.15.